The van der Waals surface area contributed by atoms with E-state index in [9.17, 15) is 4.79 Å². The van der Waals surface area contributed by atoms with Gasteiger partial charge in [0.05, 0.1) is 6.20 Å². The molecule has 2 aromatic heterocycles. The van der Waals surface area contributed by atoms with Crippen molar-refractivity contribution in [2.45, 2.75) is 39.2 Å². The van der Waals surface area contributed by atoms with E-state index in [-0.39, 0.29) is 5.91 Å². The molecule has 6 heteroatoms. The summed E-state index contributed by atoms with van der Waals surface area (Å²) in [5.41, 5.74) is 2.15. The van der Waals surface area contributed by atoms with Gasteiger partial charge in [0.2, 0.25) is 0 Å². The Morgan fingerprint density at radius 2 is 2.23 bits per heavy atom. The largest absolute Gasteiger partial charge is 0.335 e. The van der Waals surface area contributed by atoms with Gasteiger partial charge in [-0.2, -0.15) is 5.10 Å². The Kier molecular flexibility index (Phi) is 4.38. The summed E-state index contributed by atoms with van der Waals surface area (Å²) in [5.74, 6) is 0.0573. The highest BCUT2D eigenvalue weighted by Crippen LogP contribution is 2.18. The van der Waals surface area contributed by atoms with E-state index in [1.807, 2.05) is 24.1 Å². The average molecular weight is 301 g/mol. The lowest BCUT2D eigenvalue weighted by Crippen LogP contribution is -2.46. The van der Waals surface area contributed by atoms with Crippen molar-refractivity contribution in [1.29, 1.82) is 0 Å². The quantitative estimate of drug-likeness (QED) is 0.932. The van der Waals surface area contributed by atoms with Crippen LogP contribution < -0.4 is 5.32 Å². The highest BCUT2D eigenvalue weighted by molar-refractivity contribution is 5.99. The molecule has 22 heavy (non-hydrogen) atoms. The minimum Gasteiger partial charge on any atom is -0.335 e. The van der Waals surface area contributed by atoms with Crippen molar-refractivity contribution in [3.63, 3.8) is 0 Å². The molecule has 1 fully saturated rings. The predicted octanol–water partition coefficient (Wildman–Crippen LogP) is 1.64. The Balaban J connectivity index is 1.92. The van der Waals surface area contributed by atoms with Gasteiger partial charge in [-0.3, -0.25) is 4.79 Å². The summed E-state index contributed by atoms with van der Waals surface area (Å²) in [6, 6.07) is 2.21. The topological polar surface area (TPSA) is 62.5 Å². The van der Waals surface area contributed by atoms with Crippen LogP contribution in [-0.2, 0) is 0 Å². The second-order valence-corrected chi connectivity index (χ2v) is 5.88. The smallest absolute Gasteiger partial charge is 0.259 e. The van der Waals surface area contributed by atoms with Crippen LogP contribution in [0.4, 0.5) is 0 Å². The van der Waals surface area contributed by atoms with Gasteiger partial charge in [0.1, 0.15) is 5.56 Å². The lowest BCUT2D eigenvalue weighted by Gasteiger charge is -2.34. The van der Waals surface area contributed by atoms with E-state index >= 15 is 0 Å². The van der Waals surface area contributed by atoms with Gasteiger partial charge in [0.25, 0.3) is 5.91 Å². The van der Waals surface area contributed by atoms with Crippen molar-refractivity contribution < 1.29 is 4.79 Å². The van der Waals surface area contributed by atoms with Crippen LogP contribution in [0, 0.1) is 6.92 Å². The first-order valence-electron chi connectivity index (χ1n) is 8.03. The van der Waals surface area contributed by atoms with E-state index in [0.29, 0.717) is 17.3 Å². The predicted molar refractivity (Wildman–Crippen MR) is 84.9 cm³/mol. The van der Waals surface area contributed by atoms with E-state index in [1.54, 1.807) is 10.7 Å². The monoisotopic (exact) mass is 301 g/mol. The highest BCUT2D eigenvalue weighted by atomic mass is 16.2. The molecule has 0 aliphatic carbocycles. The van der Waals surface area contributed by atoms with Gasteiger partial charge < -0.3 is 10.2 Å². The van der Waals surface area contributed by atoms with Crippen LogP contribution in [0.2, 0.25) is 0 Å². The molecule has 2 aromatic rings. The van der Waals surface area contributed by atoms with Crippen molar-refractivity contribution in [2.75, 3.05) is 19.6 Å². The van der Waals surface area contributed by atoms with Crippen LogP contribution in [0.5, 0.6) is 0 Å². The summed E-state index contributed by atoms with van der Waals surface area (Å²) in [7, 11) is 0. The first-order chi connectivity index (χ1) is 10.7. The molecule has 0 radical (unpaired) electrons. The molecule has 1 N–H and O–H groups in total. The molecule has 3 heterocycles. The number of piperidine rings is 1. The van der Waals surface area contributed by atoms with Crippen molar-refractivity contribution in [3.05, 3.63) is 29.7 Å². The van der Waals surface area contributed by atoms with Crippen molar-refractivity contribution in [1.82, 2.24) is 24.8 Å². The van der Waals surface area contributed by atoms with Gasteiger partial charge >= 0.3 is 0 Å². The molecular weight excluding hydrogens is 278 g/mol. The SMILES string of the molecule is CCCN(C(=O)c1cnn2ccc(C)nc12)C1CCNCC1. The number of hydrogen-bond acceptors (Lipinski definition) is 4. The average Bonchev–Trinajstić information content (AvgIpc) is 2.96. The molecular formula is C16H23N5O. The molecule has 118 valence electrons. The number of nitrogens with one attached hydrogen (secondary N) is 1. The van der Waals surface area contributed by atoms with Crippen molar-refractivity contribution in [3.8, 4) is 0 Å². The van der Waals surface area contributed by atoms with Gasteiger partial charge in [-0.25, -0.2) is 9.50 Å². The molecule has 0 saturated carbocycles. The van der Waals surface area contributed by atoms with Crippen LogP contribution in [0.15, 0.2) is 18.5 Å². The number of aryl methyl sites for hydroxylation is 1. The normalized spacial score (nSPS) is 16.1. The number of amides is 1. The highest BCUT2D eigenvalue weighted by Gasteiger charge is 2.27. The summed E-state index contributed by atoms with van der Waals surface area (Å²) in [4.78, 5) is 19.5. The Labute approximate surface area is 130 Å². The van der Waals surface area contributed by atoms with E-state index < -0.39 is 0 Å². The van der Waals surface area contributed by atoms with Crippen LogP contribution in [0.3, 0.4) is 0 Å². The Hall–Kier alpha value is -1.95. The van der Waals surface area contributed by atoms with Crippen molar-refractivity contribution >= 4 is 11.6 Å². The zero-order valence-electron chi connectivity index (χ0n) is 13.2. The van der Waals surface area contributed by atoms with Crippen LogP contribution in [-0.4, -0.2) is 51.1 Å². The first-order valence-corrected chi connectivity index (χ1v) is 8.03. The van der Waals surface area contributed by atoms with Gasteiger partial charge in [-0.05, 0) is 45.3 Å². The molecule has 1 aliphatic rings. The number of carbonyl (C=O) groups excluding carboxylic acids is 1. The van der Waals surface area contributed by atoms with Crippen LogP contribution >= 0.6 is 0 Å². The number of fused-ring (bicyclic) bond motifs is 1. The number of aromatic nitrogens is 3. The number of hydrogen-bond donors (Lipinski definition) is 1. The van der Waals surface area contributed by atoms with E-state index in [1.165, 1.54) is 0 Å². The summed E-state index contributed by atoms with van der Waals surface area (Å²) in [6.07, 6.45) is 6.48. The van der Waals surface area contributed by atoms with Crippen LogP contribution in [0.1, 0.15) is 42.2 Å². The number of nitrogens with zero attached hydrogens (tertiary/aromatic N) is 4. The zero-order valence-corrected chi connectivity index (χ0v) is 13.2. The number of carbonyl (C=O) groups is 1. The molecule has 0 aromatic carbocycles. The minimum absolute atomic E-state index is 0.0573. The second-order valence-electron chi connectivity index (χ2n) is 5.88. The molecule has 3 rings (SSSR count). The summed E-state index contributed by atoms with van der Waals surface area (Å²) >= 11 is 0. The maximum atomic E-state index is 13.0. The molecule has 1 aliphatic heterocycles. The van der Waals surface area contributed by atoms with Gasteiger partial charge in [-0.1, -0.05) is 6.92 Å². The van der Waals surface area contributed by atoms with Crippen LogP contribution in [0.25, 0.3) is 5.65 Å². The Morgan fingerprint density at radius 3 is 2.95 bits per heavy atom. The van der Waals surface area contributed by atoms with Gasteiger partial charge in [0.15, 0.2) is 5.65 Å². The fraction of sp³-hybridized carbons (Fsp3) is 0.562. The van der Waals surface area contributed by atoms with Gasteiger partial charge in [0, 0.05) is 24.5 Å². The second kappa shape index (κ2) is 6.44. The van der Waals surface area contributed by atoms with E-state index in [0.717, 1.165) is 44.6 Å². The van der Waals surface area contributed by atoms with Gasteiger partial charge in [-0.15, -0.1) is 0 Å². The standard InChI is InChI=1S/C16H23N5O/c1-3-9-20(13-4-7-17-8-5-13)16(22)14-11-18-21-10-6-12(2)19-15(14)21/h6,10-11,13,17H,3-5,7-9H2,1-2H3. The third-order valence-corrected chi connectivity index (χ3v) is 4.21. The molecule has 1 amide bonds. The lowest BCUT2D eigenvalue weighted by molar-refractivity contribution is 0.0644. The molecule has 0 unspecified atom stereocenters. The lowest BCUT2D eigenvalue weighted by atomic mass is 10.0. The molecule has 0 spiro atoms. The van der Waals surface area contributed by atoms with Crippen molar-refractivity contribution in [2.24, 2.45) is 0 Å². The fourth-order valence-electron chi connectivity index (χ4n) is 3.07. The summed E-state index contributed by atoms with van der Waals surface area (Å²) in [5, 5.41) is 7.62. The molecule has 6 nitrogen and oxygen atoms in total. The first kappa shape index (κ1) is 15.0. The summed E-state index contributed by atoms with van der Waals surface area (Å²) < 4.78 is 1.67. The zero-order chi connectivity index (χ0) is 15.5. The maximum Gasteiger partial charge on any atom is 0.259 e. The Morgan fingerprint density at radius 1 is 1.45 bits per heavy atom. The fourth-order valence-corrected chi connectivity index (χ4v) is 3.07. The van der Waals surface area contributed by atoms with E-state index in [2.05, 4.69) is 22.3 Å². The molecule has 1 saturated heterocycles. The number of rotatable bonds is 4. The minimum atomic E-state index is 0.0573. The Bertz CT molecular complexity index is 660. The molecule has 0 atom stereocenters. The third kappa shape index (κ3) is 2.83. The summed E-state index contributed by atoms with van der Waals surface area (Å²) in [6.45, 7) is 6.78. The van der Waals surface area contributed by atoms with E-state index in [4.69, 9.17) is 0 Å². The maximum absolute atomic E-state index is 13.0. The third-order valence-electron chi connectivity index (χ3n) is 4.21. The molecule has 0 bridgehead atoms.